The van der Waals surface area contributed by atoms with E-state index in [1.54, 1.807) is 31.4 Å². The summed E-state index contributed by atoms with van der Waals surface area (Å²) in [5, 5.41) is 11.3. The van der Waals surface area contributed by atoms with E-state index in [0.717, 1.165) is 0 Å². The Morgan fingerprint density at radius 1 is 1.53 bits per heavy atom. The topological polar surface area (TPSA) is 58.6 Å². The van der Waals surface area contributed by atoms with Crippen LogP contribution in [0, 0.1) is 11.8 Å². The average molecular weight is 233 g/mol. The molecule has 0 aliphatic rings. The first kappa shape index (κ1) is 13.2. The average Bonchev–Trinajstić information content (AvgIpc) is 2.37. The van der Waals surface area contributed by atoms with Gasteiger partial charge in [0.1, 0.15) is 6.61 Å². The second kappa shape index (κ2) is 7.44. The number of aliphatic hydroxyl groups is 1. The number of nitrogens with one attached hydrogen (secondary N) is 1. The van der Waals surface area contributed by atoms with Crippen molar-refractivity contribution >= 4 is 5.91 Å². The molecule has 0 aliphatic carbocycles. The summed E-state index contributed by atoms with van der Waals surface area (Å²) >= 11 is 0. The predicted octanol–water partition coefficient (Wildman–Crippen LogP) is 0.407. The van der Waals surface area contributed by atoms with E-state index in [0.29, 0.717) is 24.3 Å². The van der Waals surface area contributed by atoms with Gasteiger partial charge in [-0.1, -0.05) is 17.9 Å². The lowest BCUT2D eigenvalue weighted by Gasteiger charge is -2.04. The van der Waals surface area contributed by atoms with E-state index in [1.165, 1.54) is 0 Å². The SMILES string of the molecule is COCCNC(=O)c1cccc(C#CCO)c1. The number of amides is 1. The van der Waals surface area contributed by atoms with E-state index < -0.39 is 0 Å². The van der Waals surface area contributed by atoms with Crippen LogP contribution in [0.4, 0.5) is 0 Å². The van der Waals surface area contributed by atoms with Crippen LogP contribution in [-0.2, 0) is 4.74 Å². The van der Waals surface area contributed by atoms with Gasteiger partial charge in [0.2, 0.25) is 0 Å². The second-order valence-corrected chi connectivity index (χ2v) is 3.29. The third-order valence-electron chi connectivity index (χ3n) is 2.03. The monoisotopic (exact) mass is 233 g/mol. The maximum atomic E-state index is 11.7. The lowest BCUT2D eigenvalue weighted by Crippen LogP contribution is -2.26. The molecule has 0 aliphatic heterocycles. The Morgan fingerprint density at radius 3 is 3.06 bits per heavy atom. The molecule has 1 rings (SSSR count). The van der Waals surface area contributed by atoms with Gasteiger partial charge in [-0.2, -0.15) is 0 Å². The summed E-state index contributed by atoms with van der Waals surface area (Å²) in [5.74, 6) is 5.13. The summed E-state index contributed by atoms with van der Waals surface area (Å²) < 4.78 is 4.84. The van der Waals surface area contributed by atoms with Gasteiger partial charge >= 0.3 is 0 Å². The molecule has 0 unspecified atom stereocenters. The number of carbonyl (C=O) groups excluding carboxylic acids is 1. The molecule has 90 valence electrons. The van der Waals surface area contributed by atoms with Crippen molar-refractivity contribution in [1.29, 1.82) is 0 Å². The van der Waals surface area contributed by atoms with Crippen molar-refractivity contribution in [3.8, 4) is 11.8 Å². The van der Waals surface area contributed by atoms with Crippen molar-refractivity contribution < 1.29 is 14.6 Å². The van der Waals surface area contributed by atoms with Gasteiger partial charge in [-0.3, -0.25) is 4.79 Å². The number of hydrogen-bond donors (Lipinski definition) is 2. The number of aliphatic hydroxyl groups excluding tert-OH is 1. The van der Waals surface area contributed by atoms with E-state index in [1.807, 2.05) is 0 Å². The normalized spacial score (nSPS) is 9.29. The highest BCUT2D eigenvalue weighted by atomic mass is 16.5. The minimum Gasteiger partial charge on any atom is -0.384 e. The Morgan fingerprint density at radius 2 is 2.35 bits per heavy atom. The van der Waals surface area contributed by atoms with Crippen LogP contribution in [-0.4, -0.2) is 37.9 Å². The number of methoxy groups -OCH3 is 1. The molecule has 1 amide bonds. The quantitative estimate of drug-likeness (QED) is 0.585. The van der Waals surface area contributed by atoms with Gasteiger partial charge < -0.3 is 15.2 Å². The lowest BCUT2D eigenvalue weighted by molar-refractivity contribution is 0.0937. The first-order valence-corrected chi connectivity index (χ1v) is 5.25. The summed E-state index contributed by atoms with van der Waals surface area (Å²) in [7, 11) is 1.58. The molecule has 4 nitrogen and oxygen atoms in total. The number of hydrogen-bond acceptors (Lipinski definition) is 3. The highest BCUT2D eigenvalue weighted by Crippen LogP contribution is 2.03. The van der Waals surface area contributed by atoms with Crippen molar-refractivity contribution in [3.05, 3.63) is 35.4 Å². The minimum atomic E-state index is -0.190. The highest BCUT2D eigenvalue weighted by molar-refractivity contribution is 5.94. The second-order valence-electron chi connectivity index (χ2n) is 3.29. The Labute approximate surface area is 101 Å². The maximum Gasteiger partial charge on any atom is 0.251 e. The molecular weight excluding hydrogens is 218 g/mol. The zero-order valence-corrected chi connectivity index (χ0v) is 9.69. The van der Waals surface area contributed by atoms with Gasteiger partial charge in [0, 0.05) is 24.8 Å². The molecule has 0 heterocycles. The summed E-state index contributed by atoms with van der Waals surface area (Å²) in [6, 6.07) is 6.94. The fourth-order valence-electron chi connectivity index (χ4n) is 1.25. The largest absolute Gasteiger partial charge is 0.384 e. The minimum absolute atomic E-state index is 0.158. The smallest absolute Gasteiger partial charge is 0.251 e. The van der Waals surface area contributed by atoms with Gasteiger partial charge in [0.05, 0.1) is 6.61 Å². The molecule has 17 heavy (non-hydrogen) atoms. The summed E-state index contributed by atoms with van der Waals surface area (Å²) in [6.07, 6.45) is 0. The van der Waals surface area contributed by atoms with Gasteiger partial charge in [0.15, 0.2) is 0 Å². The molecule has 0 bridgehead atoms. The third-order valence-corrected chi connectivity index (χ3v) is 2.03. The van der Waals surface area contributed by atoms with Crippen molar-refractivity contribution in [2.45, 2.75) is 0 Å². The molecule has 2 N–H and O–H groups in total. The number of carbonyl (C=O) groups is 1. The lowest BCUT2D eigenvalue weighted by atomic mass is 10.1. The maximum absolute atomic E-state index is 11.7. The third kappa shape index (κ3) is 4.68. The standard InChI is InChI=1S/C13H15NO3/c1-17-9-7-14-13(16)12-6-2-4-11(10-12)5-3-8-15/h2,4,6,10,15H,7-9H2,1H3,(H,14,16). The Kier molecular flexibility index (Phi) is 5.80. The van der Waals surface area contributed by atoms with Crippen LogP contribution >= 0.6 is 0 Å². The summed E-state index contributed by atoms with van der Waals surface area (Å²) in [4.78, 5) is 11.7. The Balaban J connectivity index is 2.67. The Bertz CT molecular complexity index is 432. The van der Waals surface area contributed by atoms with Crippen LogP contribution in [0.5, 0.6) is 0 Å². The van der Waals surface area contributed by atoms with Crippen molar-refractivity contribution in [1.82, 2.24) is 5.32 Å². The van der Waals surface area contributed by atoms with Gasteiger partial charge in [0.25, 0.3) is 5.91 Å². The van der Waals surface area contributed by atoms with E-state index in [-0.39, 0.29) is 12.5 Å². The molecule has 0 atom stereocenters. The van der Waals surface area contributed by atoms with E-state index >= 15 is 0 Å². The molecule has 0 saturated carbocycles. The van der Waals surface area contributed by atoms with Gasteiger partial charge in [-0.05, 0) is 18.2 Å². The molecule has 1 aromatic rings. The van der Waals surface area contributed by atoms with Crippen LogP contribution in [0.3, 0.4) is 0 Å². The first-order valence-electron chi connectivity index (χ1n) is 5.25. The van der Waals surface area contributed by atoms with Crippen LogP contribution in [0.1, 0.15) is 15.9 Å². The fourth-order valence-corrected chi connectivity index (χ4v) is 1.25. The van der Waals surface area contributed by atoms with E-state index in [4.69, 9.17) is 9.84 Å². The van der Waals surface area contributed by atoms with Crippen LogP contribution in [0.15, 0.2) is 24.3 Å². The molecule has 0 aromatic heterocycles. The zero-order valence-electron chi connectivity index (χ0n) is 9.69. The highest BCUT2D eigenvalue weighted by Gasteiger charge is 2.04. The molecule has 0 fully saturated rings. The van der Waals surface area contributed by atoms with Gasteiger partial charge in [-0.25, -0.2) is 0 Å². The van der Waals surface area contributed by atoms with Crippen LogP contribution in [0.2, 0.25) is 0 Å². The van der Waals surface area contributed by atoms with Crippen molar-refractivity contribution in [2.75, 3.05) is 26.9 Å². The molecular formula is C13H15NO3. The van der Waals surface area contributed by atoms with Crippen molar-refractivity contribution in [2.24, 2.45) is 0 Å². The van der Waals surface area contributed by atoms with E-state index in [2.05, 4.69) is 17.2 Å². The molecule has 1 aromatic carbocycles. The predicted molar refractivity (Wildman–Crippen MR) is 64.6 cm³/mol. The molecule has 0 radical (unpaired) electrons. The fraction of sp³-hybridized carbons (Fsp3) is 0.308. The zero-order chi connectivity index (χ0) is 12.5. The molecule has 4 heteroatoms. The van der Waals surface area contributed by atoms with Gasteiger partial charge in [-0.15, -0.1) is 0 Å². The van der Waals surface area contributed by atoms with Crippen LogP contribution < -0.4 is 5.32 Å². The summed E-state index contributed by atoms with van der Waals surface area (Å²) in [5.41, 5.74) is 1.25. The van der Waals surface area contributed by atoms with Crippen molar-refractivity contribution in [3.63, 3.8) is 0 Å². The molecule has 0 saturated heterocycles. The Hall–Kier alpha value is -1.83. The number of benzene rings is 1. The van der Waals surface area contributed by atoms with Crippen LogP contribution in [0.25, 0.3) is 0 Å². The summed E-state index contributed by atoms with van der Waals surface area (Å²) in [6.45, 7) is 0.766. The number of ether oxygens (including phenoxy) is 1. The molecule has 0 spiro atoms. The first-order chi connectivity index (χ1) is 8.27. The van der Waals surface area contributed by atoms with E-state index in [9.17, 15) is 4.79 Å². The number of rotatable bonds is 4.